The van der Waals surface area contributed by atoms with Gasteiger partial charge in [-0.15, -0.1) is 0 Å². The van der Waals surface area contributed by atoms with Crippen molar-refractivity contribution in [2.75, 3.05) is 0 Å². The van der Waals surface area contributed by atoms with E-state index in [1.165, 1.54) is 6.07 Å². The summed E-state index contributed by atoms with van der Waals surface area (Å²) in [5.74, 6) is -2.22. The van der Waals surface area contributed by atoms with Crippen LogP contribution in [0.25, 0.3) is 0 Å². The van der Waals surface area contributed by atoms with E-state index in [1.807, 2.05) is 6.07 Å². The van der Waals surface area contributed by atoms with Crippen LogP contribution in [-0.4, -0.2) is 0 Å². The number of alkyl halides is 2. The van der Waals surface area contributed by atoms with Crippen molar-refractivity contribution < 1.29 is 8.78 Å². The molecule has 1 aromatic carbocycles. The maximum Gasteiger partial charge on any atom is 0.270 e. The van der Waals surface area contributed by atoms with Crippen molar-refractivity contribution in [3.8, 4) is 0 Å². The predicted octanol–water partition coefficient (Wildman–Crippen LogP) is 3.48. The van der Waals surface area contributed by atoms with Gasteiger partial charge < -0.3 is 0 Å². The van der Waals surface area contributed by atoms with Gasteiger partial charge in [-0.2, -0.15) is 0 Å². The summed E-state index contributed by atoms with van der Waals surface area (Å²) in [5, 5.41) is 0. The standard InChI is InChI=1S/C11H11F2/c1-11(12,13)10-4-2-3-9(7-10)8-5-6-8/h3-4,7-8H,5-6H2,1H3. The summed E-state index contributed by atoms with van der Waals surface area (Å²) in [4.78, 5) is 0. The molecule has 69 valence electrons. The lowest BCUT2D eigenvalue weighted by atomic mass is 10.0. The Balaban J connectivity index is 2.32. The van der Waals surface area contributed by atoms with Gasteiger partial charge in [0.25, 0.3) is 5.92 Å². The fourth-order valence-electron chi connectivity index (χ4n) is 1.40. The van der Waals surface area contributed by atoms with Crippen LogP contribution in [0.3, 0.4) is 0 Å². The molecule has 0 nitrogen and oxygen atoms in total. The van der Waals surface area contributed by atoms with E-state index in [-0.39, 0.29) is 5.56 Å². The Bertz CT molecular complexity index is 308. The smallest absolute Gasteiger partial charge is 0.202 e. The Hall–Kier alpha value is -0.920. The highest BCUT2D eigenvalue weighted by Crippen LogP contribution is 2.41. The van der Waals surface area contributed by atoms with Gasteiger partial charge in [-0.25, -0.2) is 8.78 Å². The van der Waals surface area contributed by atoms with Crippen LogP contribution >= 0.6 is 0 Å². The Morgan fingerprint density at radius 2 is 2.08 bits per heavy atom. The molecule has 0 heterocycles. The van der Waals surface area contributed by atoms with Crippen molar-refractivity contribution in [1.82, 2.24) is 0 Å². The zero-order valence-corrected chi connectivity index (χ0v) is 7.48. The van der Waals surface area contributed by atoms with Crippen molar-refractivity contribution >= 4 is 0 Å². The molecule has 0 atom stereocenters. The van der Waals surface area contributed by atoms with E-state index >= 15 is 0 Å². The number of benzene rings is 1. The minimum Gasteiger partial charge on any atom is -0.202 e. The van der Waals surface area contributed by atoms with Gasteiger partial charge in [-0.1, -0.05) is 6.07 Å². The van der Waals surface area contributed by atoms with Crippen LogP contribution in [-0.2, 0) is 5.92 Å². The highest BCUT2D eigenvalue weighted by Gasteiger charge is 2.28. The van der Waals surface area contributed by atoms with Crippen LogP contribution in [0.5, 0.6) is 0 Å². The molecule has 1 saturated carbocycles. The molecule has 0 aliphatic heterocycles. The van der Waals surface area contributed by atoms with Gasteiger partial charge in [0.05, 0.1) is 0 Å². The largest absolute Gasteiger partial charge is 0.270 e. The summed E-state index contributed by atoms with van der Waals surface area (Å²) < 4.78 is 25.8. The zero-order chi connectivity index (χ0) is 9.47. The van der Waals surface area contributed by atoms with Crippen molar-refractivity contribution in [1.29, 1.82) is 0 Å². The van der Waals surface area contributed by atoms with E-state index in [0.29, 0.717) is 5.92 Å². The molecule has 1 aliphatic rings. The van der Waals surface area contributed by atoms with E-state index in [0.717, 1.165) is 25.3 Å². The number of hydrogen-bond donors (Lipinski definition) is 0. The van der Waals surface area contributed by atoms with Gasteiger partial charge in [0.1, 0.15) is 0 Å². The maximum atomic E-state index is 12.9. The number of rotatable bonds is 2. The molecule has 0 amide bonds. The molecule has 0 saturated heterocycles. The third kappa shape index (κ3) is 1.87. The second kappa shape index (κ2) is 2.79. The first-order valence-corrected chi connectivity index (χ1v) is 4.47. The first kappa shape index (κ1) is 8.67. The highest BCUT2D eigenvalue weighted by molar-refractivity contribution is 5.30. The molecule has 2 heteroatoms. The third-order valence-electron chi connectivity index (χ3n) is 2.37. The Morgan fingerprint density at radius 3 is 2.62 bits per heavy atom. The van der Waals surface area contributed by atoms with Gasteiger partial charge in [0.15, 0.2) is 0 Å². The van der Waals surface area contributed by atoms with Gasteiger partial charge in [-0.05, 0) is 42.5 Å². The Kier molecular flexibility index (Phi) is 1.86. The maximum absolute atomic E-state index is 12.9. The van der Waals surface area contributed by atoms with Crippen LogP contribution in [0.4, 0.5) is 8.78 Å². The van der Waals surface area contributed by atoms with Crippen LogP contribution in [0, 0.1) is 6.07 Å². The number of halogens is 2. The summed E-state index contributed by atoms with van der Waals surface area (Å²) in [5.41, 5.74) is 1.09. The van der Waals surface area contributed by atoms with Gasteiger partial charge in [0, 0.05) is 12.5 Å². The van der Waals surface area contributed by atoms with Crippen molar-refractivity contribution in [2.24, 2.45) is 0 Å². The summed E-state index contributed by atoms with van der Waals surface area (Å²) in [7, 11) is 0. The molecule has 1 fully saturated rings. The second-order valence-electron chi connectivity index (χ2n) is 3.72. The van der Waals surface area contributed by atoms with E-state index in [1.54, 1.807) is 6.07 Å². The molecule has 0 spiro atoms. The van der Waals surface area contributed by atoms with Gasteiger partial charge in [-0.3, -0.25) is 0 Å². The van der Waals surface area contributed by atoms with E-state index in [2.05, 4.69) is 6.07 Å². The zero-order valence-electron chi connectivity index (χ0n) is 7.48. The van der Waals surface area contributed by atoms with Crippen LogP contribution in [0.1, 0.15) is 36.8 Å². The molecule has 0 N–H and O–H groups in total. The Labute approximate surface area is 76.6 Å². The van der Waals surface area contributed by atoms with E-state index < -0.39 is 5.92 Å². The normalized spacial score (nSPS) is 17.5. The van der Waals surface area contributed by atoms with Crippen molar-refractivity contribution in [2.45, 2.75) is 31.6 Å². The summed E-state index contributed by atoms with van der Waals surface area (Å²) in [6.45, 7) is 0.923. The lowest BCUT2D eigenvalue weighted by Crippen LogP contribution is -2.06. The minimum atomic E-state index is -2.73. The predicted molar refractivity (Wildman–Crippen MR) is 46.8 cm³/mol. The number of hydrogen-bond acceptors (Lipinski definition) is 0. The molecule has 0 aromatic heterocycles. The van der Waals surface area contributed by atoms with Crippen molar-refractivity contribution in [3.63, 3.8) is 0 Å². The van der Waals surface area contributed by atoms with E-state index in [9.17, 15) is 8.78 Å². The molecule has 13 heavy (non-hydrogen) atoms. The van der Waals surface area contributed by atoms with Gasteiger partial charge in [0.2, 0.25) is 0 Å². The summed E-state index contributed by atoms with van der Waals surface area (Å²) >= 11 is 0. The lowest BCUT2D eigenvalue weighted by Gasteiger charge is -2.11. The summed E-state index contributed by atoms with van der Waals surface area (Å²) in [6, 6.07) is 7.56. The van der Waals surface area contributed by atoms with Crippen LogP contribution < -0.4 is 0 Å². The SMILES string of the molecule is CC(F)(F)c1c[c]cc(C2CC2)c1. The fraction of sp³-hybridized carbons (Fsp3) is 0.455. The summed E-state index contributed by atoms with van der Waals surface area (Å²) in [6.07, 6.45) is 2.26. The van der Waals surface area contributed by atoms with Crippen LogP contribution in [0.2, 0.25) is 0 Å². The molecule has 1 aliphatic carbocycles. The first-order valence-electron chi connectivity index (χ1n) is 4.47. The average molecular weight is 181 g/mol. The second-order valence-corrected chi connectivity index (χ2v) is 3.72. The molecular formula is C11H11F2. The van der Waals surface area contributed by atoms with E-state index in [4.69, 9.17) is 0 Å². The van der Waals surface area contributed by atoms with Crippen LogP contribution in [0.15, 0.2) is 18.2 Å². The average Bonchev–Trinajstić information content (AvgIpc) is 2.85. The fourth-order valence-corrected chi connectivity index (χ4v) is 1.40. The third-order valence-corrected chi connectivity index (χ3v) is 2.37. The quantitative estimate of drug-likeness (QED) is 0.655. The highest BCUT2D eigenvalue weighted by atomic mass is 19.3. The van der Waals surface area contributed by atoms with Crippen molar-refractivity contribution in [3.05, 3.63) is 35.4 Å². The lowest BCUT2D eigenvalue weighted by molar-refractivity contribution is 0.0174. The first-order chi connectivity index (χ1) is 6.07. The molecule has 2 rings (SSSR count). The molecule has 0 unspecified atom stereocenters. The molecular weight excluding hydrogens is 170 g/mol. The van der Waals surface area contributed by atoms with Gasteiger partial charge >= 0.3 is 0 Å². The molecule has 0 bridgehead atoms. The Morgan fingerprint density at radius 1 is 1.38 bits per heavy atom. The minimum absolute atomic E-state index is 0.0805. The topological polar surface area (TPSA) is 0 Å². The molecule has 1 radical (unpaired) electrons. The monoisotopic (exact) mass is 181 g/mol. The molecule has 1 aromatic rings.